The van der Waals surface area contributed by atoms with Crippen LogP contribution in [0.5, 0.6) is 0 Å². The van der Waals surface area contributed by atoms with E-state index in [-0.39, 0.29) is 23.0 Å². The van der Waals surface area contributed by atoms with Crippen LogP contribution in [0.15, 0.2) is 42.7 Å². The fourth-order valence-electron chi connectivity index (χ4n) is 4.28. The van der Waals surface area contributed by atoms with E-state index >= 15 is 0 Å². The first-order valence-electron chi connectivity index (χ1n) is 12.1. The number of hydrogen-bond acceptors (Lipinski definition) is 8. The van der Waals surface area contributed by atoms with Crippen LogP contribution in [0, 0.1) is 17.1 Å². The van der Waals surface area contributed by atoms with E-state index in [4.69, 9.17) is 23.2 Å². The lowest BCUT2D eigenvalue weighted by molar-refractivity contribution is -0.133. The highest BCUT2D eigenvalue weighted by molar-refractivity contribution is 6.36. The van der Waals surface area contributed by atoms with Crippen LogP contribution in [0.4, 0.5) is 21.5 Å². The number of piperazine rings is 1. The van der Waals surface area contributed by atoms with Gasteiger partial charge in [-0.3, -0.25) is 9.78 Å². The van der Waals surface area contributed by atoms with Crippen LogP contribution in [0.2, 0.25) is 10.0 Å². The van der Waals surface area contributed by atoms with Gasteiger partial charge in [0.1, 0.15) is 24.1 Å². The lowest BCUT2D eigenvalue weighted by Crippen LogP contribution is -2.48. The number of amides is 1. The second kappa shape index (κ2) is 11.4. The van der Waals surface area contributed by atoms with Crippen LogP contribution in [0.25, 0.3) is 10.9 Å². The predicted octanol–water partition coefficient (Wildman–Crippen LogP) is 4.27. The maximum absolute atomic E-state index is 13.6. The molecule has 10 nitrogen and oxygen atoms in total. The summed E-state index contributed by atoms with van der Waals surface area (Å²) in [5, 5.41) is 25.3. The van der Waals surface area contributed by atoms with Gasteiger partial charge in [-0.2, -0.15) is 5.26 Å². The molecule has 0 bridgehead atoms. The van der Waals surface area contributed by atoms with Crippen molar-refractivity contribution in [2.75, 3.05) is 43.9 Å². The minimum Gasteiger partial charge on any atom is -0.379 e. The minimum absolute atomic E-state index is 0.0112. The number of nitrogens with one attached hydrogen (secondary N) is 2. The molecule has 0 unspecified atom stereocenters. The number of nitrogens with zero attached hydrogens (tertiary/aromatic N) is 7. The normalized spacial score (nSPS) is 13.9. The molecule has 0 radical (unpaired) electrons. The first-order valence-corrected chi connectivity index (χ1v) is 12.9. The molecule has 39 heavy (non-hydrogen) atoms. The van der Waals surface area contributed by atoms with Crippen molar-refractivity contribution < 1.29 is 9.18 Å². The van der Waals surface area contributed by atoms with E-state index in [0.717, 1.165) is 13.1 Å². The van der Waals surface area contributed by atoms with Gasteiger partial charge in [-0.1, -0.05) is 28.4 Å². The maximum atomic E-state index is 13.6. The van der Waals surface area contributed by atoms with Gasteiger partial charge in [0.25, 0.3) is 0 Å². The second-order valence-corrected chi connectivity index (χ2v) is 10.0. The van der Waals surface area contributed by atoms with Gasteiger partial charge < -0.3 is 20.4 Å². The lowest BCUT2D eigenvalue weighted by atomic mass is 10.1. The Morgan fingerprint density at radius 1 is 1.13 bits per heavy atom. The molecule has 0 spiro atoms. The first kappa shape index (κ1) is 26.6. The van der Waals surface area contributed by atoms with Gasteiger partial charge in [0.15, 0.2) is 0 Å². The maximum Gasteiger partial charge on any atom is 0.244 e. The number of fused-ring (bicyclic) bond motifs is 1. The highest BCUT2D eigenvalue weighted by atomic mass is 35.5. The summed E-state index contributed by atoms with van der Waals surface area (Å²) in [5.74, 6) is -0.533. The number of carbonyl (C=O) groups is 1. The van der Waals surface area contributed by atoms with Gasteiger partial charge in [0.2, 0.25) is 5.91 Å². The van der Waals surface area contributed by atoms with Crippen molar-refractivity contribution in [3.05, 3.63) is 69.8 Å². The lowest BCUT2D eigenvalue weighted by Gasteiger charge is -2.32. The van der Waals surface area contributed by atoms with E-state index in [0.29, 0.717) is 58.3 Å². The molecule has 0 saturated carbocycles. The number of rotatable bonds is 7. The highest BCUT2D eigenvalue weighted by Crippen LogP contribution is 2.35. The zero-order chi connectivity index (χ0) is 27.5. The van der Waals surface area contributed by atoms with Crippen LogP contribution < -0.4 is 10.6 Å². The summed E-state index contributed by atoms with van der Waals surface area (Å²) in [6.07, 6.45) is 3.15. The number of aromatic nitrogens is 4. The molecule has 200 valence electrons. The smallest absolute Gasteiger partial charge is 0.244 e. The number of halogens is 3. The molecule has 3 heterocycles. The van der Waals surface area contributed by atoms with Crippen molar-refractivity contribution in [2.45, 2.75) is 13.1 Å². The average molecular weight is 568 g/mol. The van der Waals surface area contributed by atoms with Crippen molar-refractivity contribution >= 4 is 57.1 Å². The molecule has 13 heteroatoms. The Kier molecular flexibility index (Phi) is 7.79. The predicted molar refractivity (Wildman–Crippen MR) is 148 cm³/mol. The molecule has 2 N–H and O–H groups in total. The molecule has 0 aliphatic carbocycles. The molecule has 0 atom stereocenters. The van der Waals surface area contributed by atoms with Gasteiger partial charge >= 0.3 is 0 Å². The molecule has 2 aromatic carbocycles. The summed E-state index contributed by atoms with van der Waals surface area (Å²) < 4.78 is 15.2. The fourth-order valence-corrected chi connectivity index (χ4v) is 4.73. The Labute approximate surface area is 233 Å². The van der Waals surface area contributed by atoms with Crippen LogP contribution in [0.3, 0.4) is 0 Å². The van der Waals surface area contributed by atoms with E-state index in [9.17, 15) is 14.4 Å². The third kappa shape index (κ3) is 6.04. The van der Waals surface area contributed by atoms with E-state index in [2.05, 4.69) is 36.9 Å². The average Bonchev–Trinajstić information content (AvgIpc) is 3.37. The molecule has 4 aromatic rings. The van der Waals surface area contributed by atoms with Gasteiger partial charge in [0.05, 0.1) is 39.6 Å². The van der Waals surface area contributed by atoms with Crippen LogP contribution >= 0.6 is 23.2 Å². The van der Waals surface area contributed by atoms with Crippen molar-refractivity contribution in [3.8, 4) is 6.07 Å². The molecule has 1 aliphatic heterocycles. The first-order chi connectivity index (χ1) is 18.8. The Morgan fingerprint density at radius 2 is 1.90 bits per heavy atom. The molecular formula is C26H24Cl2FN9O. The fraction of sp³-hybridized carbons (Fsp3) is 0.269. The topological polar surface area (TPSA) is 115 Å². The van der Waals surface area contributed by atoms with E-state index in [1.807, 2.05) is 18.0 Å². The van der Waals surface area contributed by atoms with Gasteiger partial charge in [0, 0.05) is 49.1 Å². The quantitative estimate of drug-likeness (QED) is 0.340. The Bertz CT molecular complexity index is 1580. The number of anilines is 3. The van der Waals surface area contributed by atoms with Crippen molar-refractivity contribution in [3.63, 3.8) is 0 Å². The van der Waals surface area contributed by atoms with Crippen LogP contribution in [0.1, 0.15) is 11.3 Å². The zero-order valence-corrected chi connectivity index (χ0v) is 22.5. The number of benzene rings is 2. The van der Waals surface area contributed by atoms with Crippen LogP contribution in [-0.4, -0.2) is 68.9 Å². The number of hydrogen-bond donors (Lipinski definition) is 2. The minimum atomic E-state index is -0.544. The number of pyridine rings is 1. The SMILES string of the molecule is CN1CCN(C(=O)Cn2cc(CNc3cc(Cl)c4ncc(C#N)c(Nc5ccc(F)c(Cl)c5)c4c3)nn2)CC1. The van der Waals surface area contributed by atoms with Crippen molar-refractivity contribution in [1.82, 2.24) is 29.8 Å². The molecule has 5 rings (SSSR count). The van der Waals surface area contributed by atoms with Crippen molar-refractivity contribution in [2.24, 2.45) is 0 Å². The Hall–Kier alpha value is -3.98. The monoisotopic (exact) mass is 567 g/mol. The Balaban J connectivity index is 1.33. The summed E-state index contributed by atoms with van der Waals surface area (Å²) in [4.78, 5) is 21.0. The van der Waals surface area contributed by atoms with Crippen molar-refractivity contribution in [1.29, 1.82) is 5.26 Å². The zero-order valence-electron chi connectivity index (χ0n) is 21.0. The molecule has 2 aromatic heterocycles. The Morgan fingerprint density at radius 3 is 2.64 bits per heavy atom. The molecule has 1 saturated heterocycles. The third-order valence-corrected chi connectivity index (χ3v) is 7.02. The highest BCUT2D eigenvalue weighted by Gasteiger charge is 2.20. The van der Waals surface area contributed by atoms with Gasteiger partial charge in [-0.25, -0.2) is 9.07 Å². The van der Waals surface area contributed by atoms with E-state index in [1.54, 1.807) is 12.3 Å². The summed E-state index contributed by atoms with van der Waals surface area (Å²) >= 11 is 12.5. The molecule has 1 aliphatic rings. The molecule has 1 fully saturated rings. The summed E-state index contributed by atoms with van der Waals surface area (Å²) in [6.45, 7) is 3.57. The number of likely N-dealkylation sites (N-methyl/N-ethyl adjacent to an activating group) is 1. The van der Waals surface area contributed by atoms with E-state index < -0.39 is 5.82 Å². The summed E-state index contributed by atoms with van der Waals surface area (Å²) in [6, 6.07) is 9.86. The number of carbonyl (C=O) groups excluding carboxylic acids is 1. The van der Waals surface area contributed by atoms with E-state index in [1.165, 1.54) is 29.1 Å². The third-order valence-electron chi connectivity index (χ3n) is 6.45. The standard InChI is InChI=1S/C26H24Cl2FN9O/c1-36-4-6-37(7-5-36)24(39)15-38-14-19(34-35-38)13-31-18-8-20-25(33-17-2-3-23(29)21(27)9-17)16(11-30)12-32-26(20)22(28)10-18/h2-3,8-10,12,14,31H,4-7,13,15H2,1H3,(H,32,33). The largest absolute Gasteiger partial charge is 0.379 e. The van der Waals surface area contributed by atoms with Gasteiger partial charge in [-0.05, 0) is 37.4 Å². The summed E-state index contributed by atoms with van der Waals surface area (Å²) in [7, 11) is 2.04. The van der Waals surface area contributed by atoms with Gasteiger partial charge in [-0.15, -0.1) is 5.10 Å². The molecule has 1 amide bonds. The van der Waals surface area contributed by atoms with Crippen LogP contribution in [-0.2, 0) is 17.9 Å². The number of nitriles is 1. The summed E-state index contributed by atoms with van der Waals surface area (Å²) in [5.41, 5.74) is 3.04. The molecular weight excluding hydrogens is 544 g/mol. The second-order valence-electron chi connectivity index (χ2n) is 9.21.